The van der Waals surface area contributed by atoms with Crippen LogP contribution in [0.25, 0.3) is 0 Å². The summed E-state index contributed by atoms with van der Waals surface area (Å²) in [7, 11) is 0. The number of pyridine rings is 1. The second-order valence-corrected chi connectivity index (χ2v) is 2.38. The maximum Gasteiger partial charge on any atom is 0.573 e. The van der Waals surface area contributed by atoms with Crippen molar-refractivity contribution in [2.75, 3.05) is 5.73 Å². The summed E-state index contributed by atoms with van der Waals surface area (Å²) in [6, 6.07) is 0.974. The first-order chi connectivity index (χ1) is 6.44. The number of nitrogens with zero attached hydrogens (tertiary/aromatic N) is 1. The van der Waals surface area contributed by atoms with Crippen LogP contribution in [0.1, 0.15) is 5.69 Å². The molecule has 0 amide bonds. The molecule has 0 atom stereocenters. The number of hydrogen-bond donors (Lipinski definition) is 2. The Morgan fingerprint density at radius 3 is 2.64 bits per heavy atom. The van der Waals surface area contributed by atoms with E-state index in [-0.39, 0.29) is 11.4 Å². The maximum absolute atomic E-state index is 11.8. The summed E-state index contributed by atoms with van der Waals surface area (Å²) in [6.45, 7) is -0.541. The number of anilines is 1. The van der Waals surface area contributed by atoms with Crippen LogP contribution >= 0.6 is 0 Å². The molecule has 1 heterocycles. The second kappa shape index (κ2) is 3.70. The summed E-state index contributed by atoms with van der Waals surface area (Å²) in [6.07, 6.45) is -3.73. The molecule has 0 unspecified atom stereocenters. The minimum Gasteiger partial charge on any atom is -0.403 e. The van der Waals surface area contributed by atoms with Crippen LogP contribution in [0.4, 0.5) is 18.9 Å². The highest BCUT2D eigenvalue weighted by Gasteiger charge is 2.32. The molecule has 78 valence electrons. The van der Waals surface area contributed by atoms with Crippen LogP contribution in [0, 0.1) is 0 Å². The molecule has 1 aromatic heterocycles. The van der Waals surface area contributed by atoms with E-state index in [1.54, 1.807) is 0 Å². The number of halogens is 3. The molecule has 0 aliphatic rings. The van der Waals surface area contributed by atoms with Crippen molar-refractivity contribution in [3.63, 3.8) is 0 Å². The molecule has 0 saturated carbocycles. The maximum atomic E-state index is 11.8. The highest BCUT2D eigenvalue weighted by Crippen LogP contribution is 2.29. The average Bonchev–Trinajstić information content (AvgIpc) is 2.06. The van der Waals surface area contributed by atoms with Crippen LogP contribution in [0.15, 0.2) is 12.3 Å². The molecular formula is C7H7F3N2O2. The van der Waals surface area contributed by atoms with Crippen LogP contribution in [-0.2, 0) is 6.61 Å². The van der Waals surface area contributed by atoms with Gasteiger partial charge in [-0.25, -0.2) is 0 Å². The molecule has 1 aromatic rings. The summed E-state index contributed by atoms with van der Waals surface area (Å²) in [4.78, 5) is 3.57. The normalized spacial score (nSPS) is 11.4. The third kappa shape index (κ3) is 2.49. The van der Waals surface area contributed by atoms with Crippen LogP contribution in [0.5, 0.6) is 5.75 Å². The third-order valence-electron chi connectivity index (χ3n) is 1.41. The number of alkyl halides is 3. The summed E-state index contributed by atoms with van der Waals surface area (Å²) >= 11 is 0. The van der Waals surface area contributed by atoms with E-state index >= 15 is 0 Å². The molecule has 7 heteroatoms. The summed E-state index contributed by atoms with van der Waals surface area (Å²) in [5.41, 5.74) is 4.89. The van der Waals surface area contributed by atoms with Gasteiger partial charge < -0.3 is 15.6 Å². The first-order valence-corrected chi connectivity index (χ1v) is 3.54. The zero-order valence-electron chi connectivity index (χ0n) is 6.88. The van der Waals surface area contributed by atoms with Gasteiger partial charge in [-0.2, -0.15) is 0 Å². The lowest BCUT2D eigenvalue weighted by Crippen LogP contribution is -2.18. The Labute approximate surface area is 77.1 Å². The fourth-order valence-corrected chi connectivity index (χ4v) is 0.836. The van der Waals surface area contributed by atoms with Crippen molar-refractivity contribution in [2.45, 2.75) is 13.0 Å². The predicted molar refractivity (Wildman–Crippen MR) is 41.3 cm³/mol. The lowest BCUT2D eigenvalue weighted by molar-refractivity contribution is -0.274. The lowest BCUT2D eigenvalue weighted by atomic mass is 10.3. The minimum atomic E-state index is -4.80. The van der Waals surface area contributed by atoms with E-state index in [0.29, 0.717) is 0 Å². The van der Waals surface area contributed by atoms with E-state index in [0.717, 1.165) is 12.3 Å². The molecule has 0 aliphatic heterocycles. The Bertz CT molecular complexity index is 327. The van der Waals surface area contributed by atoms with Crippen molar-refractivity contribution in [3.8, 4) is 5.75 Å². The Morgan fingerprint density at radius 1 is 1.50 bits per heavy atom. The number of rotatable bonds is 2. The molecule has 0 radical (unpaired) electrons. The molecule has 3 N–H and O–H groups in total. The number of nitrogen functional groups attached to an aromatic ring is 1. The summed E-state index contributed by atoms with van der Waals surface area (Å²) in [5.74, 6) is -0.559. The zero-order valence-corrected chi connectivity index (χ0v) is 6.88. The van der Waals surface area contributed by atoms with Crippen LogP contribution in [-0.4, -0.2) is 16.5 Å². The molecule has 0 bridgehead atoms. The minimum absolute atomic E-state index is 0.0493. The number of ether oxygens (including phenoxy) is 1. The van der Waals surface area contributed by atoms with Crippen molar-refractivity contribution in [2.24, 2.45) is 0 Å². The molecule has 0 aromatic carbocycles. The van der Waals surface area contributed by atoms with E-state index in [2.05, 4.69) is 9.72 Å². The van der Waals surface area contributed by atoms with Gasteiger partial charge in [0.05, 0.1) is 18.0 Å². The summed E-state index contributed by atoms with van der Waals surface area (Å²) in [5, 5.41) is 8.66. The van der Waals surface area contributed by atoms with Gasteiger partial charge in [-0.15, -0.1) is 13.2 Å². The van der Waals surface area contributed by atoms with Crippen LogP contribution in [0.2, 0.25) is 0 Å². The zero-order chi connectivity index (χ0) is 10.8. The quantitative estimate of drug-likeness (QED) is 0.762. The van der Waals surface area contributed by atoms with E-state index in [1.165, 1.54) is 0 Å². The fraction of sp³-hybridized carbons (Fsp3) is 0.286. The standard InChI is InChI=1S/C7H7F3N2O2/c8-7(9,10)14-5-1-2-12-4(3-13)6(5)11/h1-2,13H,3,11H2. The molecule has 1 rings (SSSR count). The van der Waals surface area contributed by atoms with Gasteiger partial charge in [0, 0.05) is 12.3 Å². The van der Waals surface area contributed by atoms with Crippen molar-refractivity contribution >= 4 is 5.69 Å². The van der Waals surface area contributed by atoms with Gasteiger partial charge in [-0.1, -0.05) is 0 Å². The number of aliphatic hydroxyl groups is 1. The Kier molecular flexibility index (Phi) is 2.80. The number of aliphatic hydroxyl groups excluding tert-OH is 1. The van der Waals surface area contributed by atoms with E-state index < -0.39 is 18.7 Å². The van der Waals surface area contributed by atoms with Crippen molar-refractivity contribution < 1.29 is 23.0 Å². The number of nitrogens with two attached hydrogens (primary N) is 1. The molecule has 0 aliphatic carbocycles. The average molecular weight is 208 g/mol. The number of hydrogen-bond acceptors (Lipinski definition) is 4. The first kappa shape index (κ1) is 10.6. The third-order valence-corrected chi connectivity index (χ3v) is 1.41. The van der Waals surface area contributed by atoms with E-state index in [4.69, 9.17) is 10.8 Å². The first-order valence-electron chi connectivity index (χ1n) is 3.54. The van der Waals surface area contributed by atoms with Gasteiger partial charge in [-0.3, -0.25) is 4.98 Å². The second-order valence-electron chi connectivity index (χ2n) is 2.38. The van der Waals surface area contributed by atoms with Crippen molar-refractivity contribution in [3.05, 3.63) is 18.0 Å². The fourth-order valence-electron chi connectivity index (χ4n) is 0.836. The Balaban J connectivity index is 2.98. The smallest absolute Gasteiger partial charge is 0.403 e. The molecule has 14 heavy (non-hydrogen) atoms. The van der Waals surface area contributed by atoms with Crippen molar-refractivity contribution in [1.29, 1.82) is 0 Å². The van der Waals surface area contributed by atoms with Gasteiger partial charge in [0.2, 0.25) is 0 Å². The molecule has 4 nitrogen and oxygen atoms in total. The van der Waals surface area contributed by atoms with Gasteiger partial charge in [0.25, 0.3) is 0 Å². The van der Waals surface area contributed by atoms with Crippen molar-refractivity contribution in [1.82, 2.24) is 4.98 Å². The van der Waals surface area contributed by atoms with Gasteiger partial charge in [-0.05, 0) is 0 Å². The van der Waals surface area contributed by atoms with Crippen LogP contribution in [0.3, 0.4) is 0 Å². The highest BCUT2D eigenvalue weighted by molar-refractivity contribution is 5.55. The lowest BCUT2D eigenvalue weighted by Gasteiger charge is -2.11. The van der Waals surface area contributed by atoms with Gasteiger partial charge in [0.1, 0.15) is 0 Å². The SMILES string of the molecule is Nc1c(OC(F)(F)F)ccnc1CO. The summed E-state index contributed by atoms with van der Waals surface area (Å²) < 4.78 is 39.0. The molecule has 0 saturated heterocycles. The molecule has 0 spiro atoms. The molecular weight excluding hydrogens is 201 g/mol. The Morgan fingerprint density at radius 2 is 2.14 bits per heavy atom. The monoisotopic (exact) mass is 208 g/mol. The topological polar surface area (TPSA) is 68.4 Å². The van der Waals surface area contributed by atoms with E-state index in [9.17, 15) is 13.2 Å². The van der Waals surface area contributed by atoms with Crippen LogP contribution < -0.4 is 10.5 Å². The van der Waals surface area contributed by atoms with Gasteiger partial charge in [0.15, 0.2) is 5.75 Å². The highest BCUT2D eigenvalue weighted by atomic mass is 19.4. The van der Waals surface area contributed by atoms with E-state index in [1.807, 2.05) is 0 Å². The van der Waals surface area contributed by atoms with Gasteiger partial charge >= 0.3 is 6.36 Å². The largest absolute Gasteiger partial charge is 0.573 e. The molecule has 0 fully saturated rings. The Hall–Kier alpha value is -1.50. The number of aromatic nitrogens is 1. The predicted octanol–water partition coefficient (Wildman–Crippen LogP) is 1.05.